The number of ketones is 1. The maximum Gasteiger partial charge on any atom is 0.354 e. The summed E-state index contributed by atoms with van der Waals surface area (Å²) in [5, 5.41) is 0. The summed E-state index contributed by atoms with van der Waals surface area (Å²) in [4.78, 5) is 25.2. The number of aromatic nitrogens is 1. The molecule has 1 heterocycles. The van der Waals surface area contributed by atoms with Gasteiger partial charge < -0.3 is 9.72 Å². The molecule has 0 aromatic carbocycles. The zero-order valence-electron chi connectivity index (χ0n) is 7.22. The second kappa shape index (κ2) is 2.73. The average molecular weight is 179 g/mol. The van der Waals surface area contributed by atoms with E-state index in [1.165, 1.54) is 7.11 Å². The van der Waals surface area contributed by atoms with Gasteiger partial charge in [0.15, 0.2) is 5.78 Å². The van der Waals surface area contributed by atoms with Crippen molar-refractivity contribution in [1.29, 1.82) is 0 Å². The Kier molecular flexibility index (Phi) is 1.69. The molecule has 0 amide bonds. The van der Waals surface area contributed by atoms with Crippen LogP contribution in [0.15, 0.2) is 6.20 Å². The fourth-order valence-electron chi connectivity index (χ4n) is 1.62. The highest BCUT2D eigenvalue weighted by molar-refractivity contribution is 6.04. The summed E-state index contributed by atoms with van der Waals surface area (Å²) < 4.78 is 4.57. The number of ether oxygens (including phenoxy) is 1. The van der Waals surface area contributed by atoms with Crippen molar-refractivity contribution in [1.82, 2.24) is 4.98 Å². The van der Waals surface area contributed by atoms with Crippen LogP contribution >= 0.6 is 0 Å². The molecule has 0 bridgehead atoms. The lowest BCUT2D eigenvalue weighted by atomic mass is 10.2. The Bertz CT molecular complexity index is 378. The van der Waals surface area contributed by atoms with Gasteiger partial charge in [0.1, 0.15) is 5.69 Å². The predicted octanol–water partition coefficient (Wildman–Crippen LogP) is 0.930. The molecule has 1 N–H and O–H groups in total. The number of fused-ring (bicyclic) bond motifs is 1. The monoisotopic (exact) mass is 179 g/mol. The molecule has 0 unspecified atom stereocenters. The topological polar surface area (TPSA) is 59.2 Å². The van der Waals surface area contributed by atoms with Gasteiger partial charge in [-0.3, -0.25) is 4.79 Å². The van der Waals surface area contributed by atoms with Gasteiger partial charge in [-0.15, -0.1) is 0 Å². The highest BCUT2D eigenvalue weighted by atomic mass is 16.5. The van der Waals surface area contributed by atoms with Gasteiger partial charge in [-0.1, -0.05) is 0 Å². The first-order valence-electron chi connectivity index (χ1n) is 4.06. The van der Waals surface area contributed by atoms with E-state index in [1.54, 1.807) is 6.20 Å². The van der Waals surface area contributed by atoms with Gasteiger partial charge in [0.25, 0.3) is 0 Å². The van der Waals surface area contributed by atoms with Crippen LogP contribution in [0, 0.1) is 0 Å². The minimum absolute atomic E-state index is 0.0985. The van der Waals surface area contributed by atoms with Crippen LogP contribution in [-0.2, 0) is 11.2 Å². The summed E-state index contributed by atoms with van der Waals surface area (Å²) >= 11 is 0. The molecule has 2 rings (SSSR count). The van der Waals surface area contributed by atoms with Crippen molar-refractivity contribution >= 4 is 11.8 Å². The van der Waals surface area contributed by atoms with Gasteiger partial charge in [0.2, 0.25) is 0 Å². The maximum atomic E-state index is 11.2. The molecule has 1 aromatic rings. The summed E-state index contributed by atoms with van der Waals surface area (Å²) in [5.74, 6) is -0.308. The van der Waals surface area contributed by atoms with Crippen molar-refractivity contribution in [2.75, 3.05) is 7.11 Å². The predicted molar refractivity (Wildman–Crippen MR) is 44.8 cm³/mol. The lowest BCUT2D eigenvalue weighted by Gasteiger charge is -1.97. The zero-order valence-corrected chi connectivity index (χ0v) is 7.22. The molecular formula is C9H9NO3. The van der Waals surface area contributed by atoms with E-state index >= 15 is 0 Å². The minimum atomic E-state index is -0.407. The van der Waals surface area contributed by atoms with Gasteiger partial charge >= 0.3 is 5.97 Å². The molecule has 1 aromatic heterocycles. The lowest BCUT2D eigenvalue weighted by molar-refractivity contribution is 0.0593. The number of nitrogens with one attached hydrogen (secondary N) is 1. The zero-order chi connectivity index (χ0) is 9.42. The molecule has 4 heteroatoms. The number of rotatable bonds is 1. The summed E-state index contributed by atoms with van der Waals surface area (Å²) in [6.45, 7) is 0. The molecule has 13 heavy (non-hydrogen) atoms. The van der Waals surface area contributed by atoms with Crippen LogP contribution < -0.4 is 0 Å². The Morgan fingerprint density at radius 3 is 3.00 bits per heavy atom. The van der Waals surface area contributed by atoms with Crippen molar-refractivity contribution in [3.8, 4) is 0 Å². The fraction of sp³-hybridized carbons (Fsp3) is 0.333. The number of Topliss-reactive ketones (excluding diaryl/α,β-unsaturated/α-hetero) is 1. The van der Waals surface area contributed by atoms with Crippen molar-refractivity contribution in [2.24, 2.45) is 0 Å². The summed E-state index contributed by atoms with van der Waals surface area (Å²) in [6.07, 6.45) is 2.72. The third-order valence-electron chi connectivity index (χ3n) is 2.28. The van der Waals surface area contributed by atoms with Crippen molar-refractivity contribution in [2.45, 2.75) is 12.8 Å². The molecule has 1 aliphatic carbocycles. The van der Waals surface area contributed by atoms with Crippen LogP contribution in [0.2, 0.25) is 0 Å². The smallest absolute Gasteiger partial charge is 0.354 e. The van der Waals surface area contributed by atoms with Crippen LogP contribution in [0.3, 0.4) is 0 Å². The number of methoxy groups -OCH3 is 1. The third kappa shape index (κ3) is 1.06. The van der Waals surface area contributed by atoms with E-state index in [0.29, 0.717) is 24.1 Å². The number of carbonyl (C=O) groups is 2. The molecule has 1 aliphatic rings. The standard InChI is InChI=1S/C9H9NO3/c1-13-9(12)8-5-2-3-7(11)6(5)4-10-8/h4,10H,2-3H2,1H3. The number of hydrogen-bond acceptors (Lipinski definition) is 3. The Balaban J connectivity index is 2.46. The first kappa shape index (κ1) is 8.04. The van der Waals surface area contributed by atoms with Gasteiger partial charge in [-0.2, -0.15) is 0 Å². The lowest BCUT2D eigenvalue weighted by Crippen LogP contribution is -2.04. The van der Waals surface area contributed by atoms with Gasteiger partial charge in [0.05, 0.1) is 7.11 Å². The van der Waals surface area contributed by atoms with Gasteiger partial charge in [0, 0.05) is 18.2 Å². The average Bonchev–Trinajstić information content (AvgIpc) is 2.68. The van der Waals surface area contributed by atoms with Crippen LogP contribution in [0.25, 0.3) is 0 Å². The van der Waals surface area contributed by atoms with E-state index in [2.05, 4.69) is 9.72 Å². The number of carbonyl (C=O) groups excluding carboxylic acids is 2. The Hall–Kier alpha value is -1.58. The van der Waals surface area contributed by atoms with Crippen LogP contribution in [-0.4, -0.2) is 23.8 Å². The number of hydrogen-bond donors (Lipinski definition) is 1. The summed E-state index contributed by atoms with van der Waals surface area (Å²) in [7, 11) is 1.33. The Labute approximate surface area is 74.9 Å². The normalized spacial score (nSPS) is 14.4. The first-order chi connectivity index (χ1) is 6.24. The molecule has 0 fully saturated rings. The summed E-state index contributed by atoms with van der Waals surface area (Å²) in [6, 6.07) is 0. The highest BCUT2D eigenvalue weighted by Crippen LogP contribution is 2.25. The van der Waals surface area contributed by atoms with E-state index < -0.39 is 5.97 Å². The summed E-state index contributed by atoms with van der Waals surface area (Å²) in [5.41, 5.74) is 1.86. The molecular weight excluding hydrogens is 170 g/mol. The van der Waals surface area contributed by atoms with Crippen molar-refractivity contribution < 1.29 is 14.3 Å². The highest BCUT2D eigenvalue weighted by Gasteiger charge is 2.26. The number of aromatic amines is 1. The SMILES string of the molecule is COC(=O)c1[nH]cc2c1CCC2=O. The van der Waals surface area contributed by atoms with Gasteiger partial charge in [-0.05, 0) is 12.0 Å². The molecule has 4 nitrogen and oxygen atoms in total. The van der Waals surface area contributed by atoms with Crippen molar-refractivity contribution in [3.05, 3.63) is 23.0 Å². The fourth-order valence-corrected chi connectivity index (χ4v) is 1.62. The molecule has 0 saturated heterocycles. The number of esters is 1. The second-order valence-corrected chi connectivity index (χ2v) is 2.97. The molecule has 0 radical (unpaired) electrons. The molecule has 0 aliphatic heterocycles. The van der Waals surface area contributed by atoms with E-state index in [0.717, 1.165) is 5.56 Å². The van der Waals surface area contributed by atoms with Crippen LogP contribution in [0.1, 0.15) is 32.8 Å². The Morgan fingerprint density at radius 2 is 2.31 bits per heavy atom. The minimum Gasteiger partial charge on any atom is -0.464 e. The first-order valence-corrected chi connectivity index (χ1v) is 4.06. The van der Waals surface area contributed by atoms with E-state index in [-0.39, 0.29) is 5.78 Å². The Morgan fingerprint density at radius 1 is 1.54 bits per heavy atom. The quantitative estimate of drug-likeness (QED) is 0.652. The molecule has 0 atom stereocenters. The van der Waals surface area contributed by atoms with Gasteiger partial charge in [-0.25, -0.2) is 4.79 Å². The van der Waals surface area contributed by atoms with E-state index in [9.17, 15) is 9.59 Å². The molecule has 0 saturated carbocycles. The third-order valence-corrected chi connectivity index (χ3v) is 2.28. The van der Waals surface area contributed by atoms with Crippen molar-refractivity contribution in [3.63, 3.8) is 0 Å². The van der Waals surface area contributed by atoms with Crippen LogP contribution in [0.5, 0.6) is 0 Å². The number of H-pyrrole nitrogens is 1. The molecule has 68 valence electrons. The van der Waals surface area contributed by atoms with E-state index in [1.807, 2.05) is 0 Å². The maximum absolute atomic E-state index is 11.2. The van der Waals surface area contributed by atoms with Crippen LogP contribution in [0.4, 0.5) is 0 Å². The van der Waals surface area contributed by atoms with E-state index in [4.69, 9.17) is 0 Å². The molecule has 0 spiro atoms. The largest absolute Gasteiger partial charge is 0.464 e. The second-order valence-electron chi connectivity index (χ2n) is 2.97.